The van der Waals surface area contributed by atoms with E-state index in [-0.39, 0.29) is 0 Å². The number of piperazine rings is 1. The van der Waals surface area contributed by atoms with Crippen LogP contribution in [0.15, 0.2) is 18.2 Å². The highest BCUT2D eigenvalue weighted by Gasteiger charge is 2.26. The van der Waals surface area contributed by atoms with E-state index in [9.17, 15) is 0 Å². The van der Waals surface area contributed by atoms with Crippen molar-refractivity contribution in [1.82, 2.24) is 15.1 Å². The van der Waals surface area contributed by atoms with Gasteiger partial charge in [0.15, 0.2) is 0 Å². The zero-order chi connectivity index (χ0) is 15.2. The third kappa shape index (κ3) is 3.87. The van der Waals surface area contributed by atoms with Crippen LogP contribution in [0.2, 0.25) is 0 Å². The maximum Gasteiger partial charge on any atom is 0.123 e. The third-order valence-electron chi connectivity index (χ3n) is 4.17. The van der Waals surface area contributed by atoms with Gasteiger partial charge >= 0.3 is 0 Å². The lowest BCUT2D eigenvalue weighted by atomic mass is 10.0. The number of rotatable bonds is 6. The molecule has 118 valence electrons. The molecule has 5 heteroatoms. The Kier molecular flexibility index (Phi) is 5.85. The van der Waals surface area contributed by atoms with Gasteiger partial charge in [-0.3, -0.25) is 4.90 Å². The second-order valence-corrected chi connectivity index (χ2v) is 5.52. The van der Waals surface area contributed by atoms with E-state index in [1.807, 2.05) is 19.2 Å². The Balaban J connectivity index is 2.28. The standard InChI is InChI=1S/C16H27N3O2/c1-17-12-15(19-9-7-18(2)8-10-19)14-11-13(20-3)5-6-16(14)21-4/h5-6,11,15,17H,7-10,12H2,1-4H3. The minimum atomic E-state index is 0.300. The van der Waals surface area contributed by atoms with Gasteiger partial charge in [-0.2, -0.15) is 0 Å². The monoisotopic (exact) mass is 293 g/mol. The average molecular weight is 293 g/mol. The number of nitrogens with zero attached hydrogens (tertiary/aromatic N) is 2. The predicted octanol–water partition coefficient (Wildman–Crippen LogP) is 1.21. The maximum atomic E-state index is 5.56. The van der Waals surface area contributed by atoms with Crippen LogP contribution in [0.4, 0.5) is 0 Å². The summed E-state index contributed by atoms with van der Waals surface area (Å²) in [5, 5.41) is 3.31. The molecule has 0 bridgehead atoms. The van der Waals surface area contributed by atoms with Crippen LogP contribution in [0.3, 0.4) is 0 Å². The number of likely N-dealkylation sites (N-methyl/N-ethyl adjacent to an activating group) is 2. The molecule has 0 amide bonds. The molecule has 1 saturated heterocycles. The molecule has 2 rings (SSSR count). The average Bonchev–Trinajstić information content (AvgIpc) is 2.53. The fourth-order valence-electron chi connectivity index (χ4n) is 2.86. The molecule has 1 N–H and O–H groups in total. The van der Waals surface area contributed by atoms with Gasteiger partial charge < -0.3 is 19.7 Å². The van der Waals surface area contributed by atoms with E-state index < -0.39 is 0 Å². The van der Waals surface area contributed by atoms with Crippen LogP contribution in [0.1, 0.15) is 11.6 Å². The lowest BCUT2D eigenvalue weighted by Crippen LogP contribution is -2.47. The van der Waals surface area contributed by atoms with Gasteiger partial charge in [0, 0.05) is 38.3 Å². The highest BCUT2D eigenvalue weighted by molar-refractivity contribution is 5.42. The summed E-state index contributed by atoms with van der Waals surface area (Å²) in [5.74, 6) is 1.80. The molecule has 0 aromatic heterocycles. The Morgan fingerprint density at radius 3 is 2.43 bits per heavy atom. The van der Waals surface area contributed by atoms with Crippen LogP contribution < -0.4 is 14.8 Å². The topological polar surface area (TPSA) is 37.0 Å². The summed E-state index contributed by atoms with van der Waals surface area (Å²) in [6.07, 6.45) is 0. The van der Waals surface area contributed by atoms with Gasteiger partial charge in [-0.1, -0.05) is 0 Å². The summed E-state index contributed by atoms with van der Waals surface area (Å²) in [7, 11) is 7.60. The first-order chi connectivity index (χ1) is 10.2. The predicted molar refractivity (Wildman–Crippen MR) is 85.3 cm³/mol. The number of ether oxygens (including phenoxy) is 2. The number of nitrogens with one attached hydrogen (secondary N) is 1. The first kappa shape index (κ1) is 16.1. The highest BCUT2D eigenvalue weighted by atomic mass is 16.5. The van der Waals surface area contributed by atoms with Gasteiger partial charge in [-0.15, -0.1) is 0 Å². The molecule has 5 nitrogen and oxygen atoms in total. The molecule has 0 aliphatic carbocycles. The van der Waals surface area contributed by atoms with E-state index in [1.54, 1.807) is 14.2 Å². The van der Waals surface area contributed by atoms with E-state index in [2.05, 4.69) is 28.2 Å². The normalized spacial score (nSPS) is 18.5. The van der Waals surface area contributed by atoms with Crippen molar-refractivity contribution in [2.24, 2.45) is 0 Å². The second kappa shape index (κ2) is 7.64. The van der Waals surface area contributed by atoms with Crippen molar-refractivity contribution in [1.29, 1.82) is 0 Å². The molecule has 1 atom stereocenters. The third-order valence-corrected chi connectivity index (χ3v) is 4.17. The van der Waals surface area contributed by atoms with Crippen LogP contribution in [0, 0.1) is 0 Å². The SMILES string of the molecule is CNCC(c1cc(OC)ccc1OC)N1CCN(C)CC1. The molecule has 21 heavy (non-hydrogen) atoms. The molecule has 1 heterocycles. The number of benzene rings is 1. The number of methoxy groups -OCH3 is 2. The summed E-state index contributed by atoms with van der Waals surface area (Å²) in [4.78, 5) is 4.89. The summed E-state index contributed by atoms with van der Waals surface area (Å²) in [6, 6.07) is 6.34. The van der Waals surface area contributed by atoms with E-state index in [1.165, 1.54) is 5.56 Å². The molecular formula is C16H27N3O2. The molecule has 1 aromatic carbocycles. The molecule has 0 radical (unpaired) electrons. The maximum absolute atomic E-state index is 5.56. The van der Waals surface area contributed by atoms with Crippen molar-refractivity contribution in [3.63, 3.8) is 0 Å². The van der Waals surface area contributed by atoms with Crippen LogP contribution >= 0.6 is 0 Å². The molecule has 1 fully saturated rings. The quantitative estimate of drug-likeness (QED) is 0.853. The van der Waals surface area contributed by atoms with Crippen LogP contribution in [0.5, 0.6) is 11.5 Å². The van der Waals surface area contributed by atoms with Crippen molar-refractivity contribution in [3.8, 4) is 11.5 Å². The largest absolute Gasteiger partial charge is 0.497 e. The molecule has 0 saturated carbocycles. The van der Waals surface area contributed by atoms with Crippen LogP contribution in [-0.2, 0) is 0 Å². The molecule has 1 aromatic rings. The second-order valence-electron chi connectivity index (χ2n) is 5.52. The van der Waals surface area contributed by atoms with Gasteiger partial charge in [0.2, 0.25) is 0 Å². The van der Waals surface area contributed by atoms with E-state index in [0.717, 1.165) is 44.2 Å². The van der Waals surface area contributed by atoms with Crippen LogP contribution in [0.25, 0.3) is 0 Å². The van der Waals surface area contributed by atoms with Crippen LogP contribution in [-0.4, -0.2) is 70.8 Å². The van der Waals surface area contributed by atoms with E-state index in [0.29, 0.717) is 6.04 Å². The van der Waals surface area contributed by atoms with Gasteiger partial charge in [-0.25, -0.2) is 0 Å². The van der Waals surface area contributed by atoms with Crippen molar-refractivity contribution in [2.75, 3.05) is 61.0 Å². The fraction of sp³-hybridized carbons (Fsp3) is 0.625. The molecular weight excluding hydrogens is 266 g/mol. The van der Waals surface area contributed by atoms with Crippen molar-refractivity contribution < 1.29 is 9.47 Å². The van der Waals surface area contributed by atoms with Crippen molar-refractivity contribution in [2.45, 2.75) is 6.04 Å². The molecule has 0 spiro atoms. The lowest BCUT2D eigenvalue weighted by Gasteiger charge is -2.38. The summed E-state index contributed by atoms with van der Waals surface area (Å²) >= 11 is 0. The molecule has 1 unspecified atom stereocenters. The smallest absolute Gasteiger partial charge is 0.123 e. The fourth-order valence-corrected chi connectivity index (χ4v) is 2.86. The summed E-state index contributed by atoms with van der Waals surface area (Å²) in [6.45, 7) is 5.25. The minimum Gasteiger partial charge on any atom is -0.497 e. The van der Waals surface area contributed by atoms with Crippen molar-refractivity contribution >= 4 is 0 Å². The summed E-state index contributed by atoms with van der Waals surface area (Å²) < 4.78 is 10.9. The summed E-state index contributed by atoms with van der Waals surface area (Å²) in [5.41, 5.74) is 1.19. The van der Waals surface area contributed by atoms with Gasteiger partial charge in [-0.05, 0) is 32.3 Å². The highest BCUT2D eigenvalue weighted by Crippen LogP contribution is 2.32. The zero-order valence-electron chi connectivity index (χ0n) is 13.6. The Labute approximate surface area is 127 Å². The Bertz CT molecular complexity index is 445. The lowest BCUT2D eigenvalue weighted by molar-refractivity contribution is 0.110. The Hall–Kier alpha value is -1.30. The van der Waals surface area contributed by atoms with Gasteiger partial charge in [0.05, 0.1) is 20.3 Å². The zero-order valence-corrected chi connectivity index (χ0v) is 13.6. The number of hydrogen-bond acceptors (Lipinski definition) is 5. The Morgan fingerprint density at radius 2 is 1.86 bits per heavy atom. The van der Waals surface area contributed by atoms with E-state index >= 15 is 0 Å². The number of hydrogen-bond donors (Lipinski definition) is 1. The van der Waals surface area contributed by atoms with Gasteiger partial charge in [0.25, 0.3) is 0 Å². The molecule has 1 aliphatic rings. The first-order valence-electron chi connectivity index (χ1n) is 7.48. The van der Waals surface area contributed by atoms with E-state index in [4.69, 9.17) is 9.47 Å². The Morgan fingerprint density at radius 1 is 1.14 bits per heavy atom. The first-order valence-corrected chi connectivity index (χ1v) is 7.48. The van der Waals surface area contributed by atoms with Crippen molar-refractivity contribution in [3.05, 3.63) is 23.8 Å². The molecule has 1 aliphatic heterocycles. The van der Waals surface area contributed by atoms with Gasteiger partial charge in [0.1, 0.15) is 11.5 Å². The minimum absolute atomic E-state index is 0.300.